The van der Waals surface area contributed by atoms with E-state index >= 15 is 0 Å². The van der Waals surface area contributed by atoms with Gasteiger partial charge in [-0.25, -0.2) is 0 Å². The molecule has 0 bridgehead atoms. The molecule has 0 amide bonds. The summed E-state index contributed by atoms with van der Waals surface area (Å²) in [6, 6.07) is 0. The van der Waals surface area contributed by atoms with Crippen molar-refractivity contribution in [3.05, 3.63) is 6.42 Å². The molecule has 6 heavy (non-hydrogen) atoms. The predicted octanol–water partition coefficient (Wildman–Crippen LogP) is 1.86. The monoisotopic (exact) mass is 160 g/mol. The molecule has 0 atom stereocenters. The largest absolute Gasteiger partial charge is 0.329 e. The molecule has 0 saturated carbocycles. The fourth-order valence-corrected chi connectivity index (χ4v) is 0. The Morgan fingerprint density at radius 1 is 1.33 bits per heavy atom. The molecular formula is C5H11Y-. The summed E-state index contributed by atoms with van der Waals surface area (Å²) in [6.45, 7) is 6.41. The van der Waals surface area contributed by atoms with Crippen LogP contribution in [0.5, 0.6) is 0 Å². The van der Waals surface area contributed by atoms with Crippen LogP contribution in [-0.2, 0) is 32.7 Å². The summed E-state index contributed by atoms with van der Waals surface area (Å²) in [7, 11) is 0. The van der Waals surface area contributed by atoms with Gasteiger partial charge < -0.3 is 6.42 Å². The first-order valence-corrected chi connectivity index (χ1v) is 2.07. The number of hydrogen-bond donors (Lipinski definition) is 0. The Balaban J connectivity index is 0. The molecule has 35 valence electrons. The molecule has 1 heteroatoms. The van der Waals surface area contributed by atoms with Crippen molar-refractivity contribution in [3.63, 3.8) is 0 Å². The van der Waals surface area contributed by atoms with E-state index in [1.165, 1.54) is 0 Å². The van der Waals surface area contributed by atoms with E-state index in [4.69, 9.17) is 0 Å². The van der Waals surface area contributed by atoms with E-state index in [-0.39, 0.29) is 32.7 Å². The van der Waals surface area contributed by atoms with Gasteiger partial charge in [-0.05, 0) is 0 Å². The van der Waals surface area contributed by atoms with Gasteiger partial charge in [0.25, 0.3) is 0 Å². The molecule has 0 nitrogen and oxygen atoms in total. The molecule has 0 unspecified atom stereocenters. The molecule has 0 heterocycles. The number of hydrogen-bond acceptors (Lipinski definition) is 0. The van der Waals surface area contributed by atoms with E-state index in [1.807, 2.05) is 0 Å². The Labute approximate surface area is 65.6 Å². The van der Waals surface area contributed by atoms with Gasteiger partial charge in [0.15, 0.2) is 0 Å². The first-order valence-electron chi connectivity index (χ1n) is 2.07. The van der Waals surface area contributed by atoms with Crippen LogP contribution in [0.15, 0.2) is 0 Å². The van der Waals surface area contributed by atoms with E-state index in [0.717, 1.165) is 5.92 Å². The third-order valence-corrected chi connectivity index (χ3v) is 0.667. The van der Waals surface area contributed by atoms with Crippen molar-refractivity contribution in [2.24, 2.45) is 5.92 Å². The minimum Gasteiger partial charge on any atom is -0.329 e. The molecule has 0 aromatic heterocycles. The zero-order valence-corrected chi connectivity index (χ0v) is 7.57. The third kappa shape index (κ3) is 8.92. The summed E-state index contributed by atoms with van der Waals surface area (Å²) < 4.78 is 0. The molecule has 1 radical (unpaired) electrons. The van der Waals surface area contributed by atoms with Crippen molar-refractivity contribution in [1.29, 1.82) is 0 Å². The Morgan fingerprint density at radius 3 is 1.50 bits per heavy atom. The van der Waals surface area contributed by atoms with Gasteiger partial charge >= 0.3 is 0 Å². The molecule has 0 aliphatic carbocycles. The van der Waals surface area contributed by atoms with Gasteiger partial charge in [-0.2, -0.15) is 12.8 Å². The molecule has 0 rings (SSSR count). The zero-order chi connectivity index (χ0) is 4.28. The summed E-state index contributed by atoms with van der Waals surface area (Å²) in [5.41, 5.74) is 0. The molecule has 0 fully saturated rings. The van der Waals surface area contributed by atoms with Crippen molar-refractivity contribution < 1.29 is 32.7 Å². The van der Waals surface area contributed by atoms with E-state index in [9.17, 15) is 0 Å². The maximum absolute atomic E-state index is 2.17. The van der Waals surface area contributed by atoms with E-state index in [0.29, 0.717) is 0 Å². The smallest absolute Gasteiger partial charge is 0 e. The predicted molar refractivity (Wildman–Crippen MR) is 24.8 cm³/mol. The third-order valence-electron chi connectivity index (χ3n) is 0.667. The molecule has 0 aromatic rings. The van der Waals surface area contributed by atoms with Gasteiger partial charge in [0.2, 0.25) is 0 Å². The van der Waals surface area contributed by atoms with Crippen molar-refractivity contribution >= 4 is 0 Å². The van der Waals surface area contributed by atoms with Crippen LogP contribution in [-0.4, -0.2) is 0 Å². The summed E-state index contributed by atoms with van der Waals surface area (Å²) in [6.07, 6.45) is 2.17. The minimum absolute atomic E-state index is 0. The number of rotatable bonds is 1. The second-order valence-electron chi connectivity index (χ2n) is 1.58. The SMILES string of the molecule is C[CH-]C(C)C.[Y]. The quantitative estimate of drug-likeness (QED) is 0.513. The van der Waals surface area contributed by atoms with Gasteiger partial charge in [-0.15, -0.1) is 0 Å². The van der Waals surface area contributed by atoms with Crippen LogP contribution >= 0.6 is 0 Å². The Hall–Kier alpha value is 1.10. The van der Waals surface area contributed by atoms with E-state index < -0.39 is 0 Å². The second kappa shape index (κ2) is 6.10. The van der Waals surface area contributed by atoms with Gasteiger partial charge in [0.05, 0.1) is 0 Å². The summed E-state index contributed by atoms with van der Waals surface area (Å²) in [5, 5.41) is 0. The zero-order valence-electron chi connectivity index (χ0n) is 4.73. The molecular weight excluding hydrogens is 149 g/mol. The van der Waals surface area contributed by atoms with Crippen molar-refractivity contribution in [3.8, 4) is 0 Å². The average molecular weight is 160 g/mol. The van der Waals surface area contributed by atoms with Crippen LogP contribution in [0.1, 0.15) is 20.8 Å². The molecule has 0 N–H and O–H groups in total. The standard InChI is InChI=1S/C5H11.Y/c1-4-5(2)3;/h4-5H,1-3H3;/q-1;. The van der Waals surface area contributed by atoms with Crippen LogP contribution in [0, 0.1) is 12.3 Å². The topological polar surface area (TPSA) is 0 Å². The first kappa shape index (κ1) is 10.2. The molecule has 0 aliphatic heterocycles. The summed E-state index contributed by atoms with van der Waals surface area (Å²) in [5.74, 6) is 0.759. The van der Waals surface area contributed by atoms with Gasteiger partial charge in [0.1, 0.15) is 0 Å². The molecule has 0 saturated heterocycles. The van der Waals surface area contributed by atoms with Gasteiger partial charge in [0, 0.05) is 32.7 Å². The van der Waals surface area contributed by atoms with Crippen molar-refractivity contribution in [2.75, 3.05) is 0 Å². The molecule has 0 aliphatic rings. The Kier molecular flexibility index (Phi) is 10.3. The summed E-state index contributed by atoms with van der Waals surface area (Å²) in [4.78, 5) is 0. The average Bonchev–Trinajstić information content (AvgIpc) is 1.38. The normalized spacial score (nSPS) is 8.00. The fraction of sp³-hybridized carbons (Fsp3) is 0.800. The van der Waals surface area contributed by atoms with Crippen molar-refractivity contribution in [2.45, 2.75) is 20.8 Å². The maximum Gasteiger partial charge on any atom is 0 e. The van der Waals surface area contributed by atoms with Crippen LogP contribution < -0.4 is 0 Å². The van der Waals surface area contributed by atoms with E-state index in [2.05, 4.69) is 27.2 Å². The van der Waals surface area contributed by atoms with E-state index in [1.54, 1.807) is 0 Å². The second-order valence-corrected chi connectivity index (χ2v) is 1.58. The molecule has 0 spiro atoms. The van der Waals surface area contributed by atoms with Crippen LogP contribution in [0.4, 0.5) is 0 Å². The van der Waals surface area contributed by atoms with Gasteiger partial charge in [-0.1, -0.05) is 13.8 Å². The summed E-state index contributed by atoms with van der Waals surface area (Å²) >= 11 is 0. The van der Waals surface area contributed by atoms with Crippen molar-refractivity contribution in [1.82, 2.24) is 0 Å². The van der Waals surface area contributed by atoms with Crippen LogP contribution in [0.3, 0.4) is 0 Å². The minimum atomic E-state index is 0. The van der Waals surface area contributed by atoms with Gasteiger partial charge in [-0.3, -0.25) is 0 Å². The molecule has 0 aromatic carbocycles. The first-order chi connectivity index (χ1) is 2.27. The Bertz CT molecular complexity index is 17.9. The fourth-order valence-electron chi connectivity index (χ4n) is 0. The van der Waals surface area contributed by atoms with Crippen LogP contribution in [0.2, 0.25) is 0 Å². The van der Waals surface area contributed by atoms with Crippen LogP contribution in [0.25, 0.3) is 0 Å². The maximum atomic E-state index is 2.17. The Morgan fingerprint density at radius 2 is 1.50 bits per heavy atom.